The number of H-pyrrole nitrogens is 1. The van der Waals surface area contributed by atoms with Crippen molar-refractivity contribution in [3.63, 3.8) is 0 Å². The van der Waals surface area contributed by atoms with Crippen LogP contribution in [0.2, 0.25) is 0 Å². The number of carboxylic acids is 3. The van der Waals surface area contributed by atoms with Crippen LogP contribution in [0.3, 0.4) is 0 Å². The molecule has 0 aliphatic carbocycles. The predicted molar refractivity (Wildman–Crippen MR) is 131 cm³/mol. The maximum atomic E-state index is 10.6. The monoisotopic (exact) mass is 488 g/mol. The van der Waals surface area contributed by atoms with Crippen molar-refractivity contribution in [2.45, 2.75) is 23.9 Å². The zero-order valence-corrected chi connectivity index (χ0v) is 19.1. The van der Waals surface area contributed by atoms with Crippen molar-refractivity contribution >= 4 is 40.6 Å². The summed E-state index contributed by atoms with van der Waals surface area (Å²) in [6.45, 7) is 0.821. The molecular formula is C23H28N4O6S. The van der Waals surface area contributed by atoms with Crippen LogP contribution in [0.4, 0.5) is 0 Å². The molecule has 0 unspecified atom stereocenters. The molecule has 9 N–H and O–H groups in total. The average Bonchev–Trinajstić information content (AvgIpc) is 3.51. The summed E-state index contributed by atoms with van der Waals surface area (Å²) < 4.78 is 0. The zero-order valence-electron chi connectivity index (χ0n) is 18.3. The Morgan fingerprint density at radius 2 is 1.62 bits per heavy atom. The molecular weight excluding hydrogens is 460 g/mol. The van der Waals surface area contributed by atoms with E-state index in [1.165, 1.54) is 11.8 Å². The van der Waals surface area contributed by atoms with Crippen LogP contribution >= 0.6 is 11.8 Å². The Morgan fingerprint density at radius 1 is 0.971 bits per heavy atom. The second-order valence-corrected chi connectivity index (χ2v) is 8.49. The van der Waals surface area contributed by atoms with E-state index in [0.717, 1.165) is 28.8 Å². The van der Waals surface area contributed by atoms with Gasteiger partial charge < -0.3 is 31.8 Å². The molecule has 2 aromatic carbocycles. The Labute approximate surface area is 200 Å². The van der Waals surface area contributed by atoms with Gasteiger partial charge in [-0.1, -0.05) is 48.5 Å². The first-order valence-electron chi connectivity index (χ1n) is 10.3. The van der Waals surface area contributed by atoms with Crippen molar-refractivity contribution in [3.05, 3.63) is 71.9 Å². The SMILES string of the molecule is N[C@@H](Cc1c[nH]c2ccccc12)C(=O)O.N[C@H](C(=O)O)c1ccccc1.O=C(O)[C@@H]1NCCS1. The number of aromatic amines is 1. The molecule has 182 valence electrons. The van der Waals surface area contributed by atoms with Crippen LogP contribution in [0.15, 0.2) is 60.8 Å². The summed E-state index contributed by atoms with van der Waals surface area (Å²) in [5, 5.41) is 29.1. The second-order valence-electron chi connectivity index (χ2n) is 7.28. The van der Waals surface area contributed by atoms with Crippen molar-refractivity contribution in [2.75, 3.05) is 12.3 Å². The maximum Gasteiger partial charge on any atom is 0.331 e. The van der Waals surface area contributed by atoms with E-state index < -0.39 is 30.0 Å². The molecule has 34 heavy (non-hydrogen) atoms. The number of nitrogens with one attached hydrogen (secondary N) is 2. The van der Waals surface area contributed by atoms with Gasteiger partial charge in [0.1, 0.15) is 12.1 Å². The predicted octanol–water partition coefficient (Wildman–Crippen LogP) is 1.63. The smallest absolute Gasteiger partial charge is 0.331 e. The highest BCUT2D eigenvalue weighted by atomic mass is 32.2. The summed E-state index contributed by atoms with van der Waals surface area (Å²) in [7, 11) is 0. The molecule has 10 nitrogen and oxygen atoms in total. The van der Waals surface area contributed by atoms with E-state index in [1.54, 1.807) is 24.3 Å². The van der Waals surface area contributed by atoms with Gasteiger partial charge in [0.2, 0.25) is 0 Å². The Hall–Kier alpha value is -3.38. The molecule has 1 saturated heterocycles. The van der Waals surface area contributed by atoms with E-state index in [4.69, 9.17) is 26.8 Å². The van der Waals surface area contributed by atoms with Gasteiger partial charge in [0.25, 0.3) is 0 Å². The normalized spacial score (nSPS) is 16.4. The molecule has 0 saturated carbocycles. The van der Waals surface area contributed by atoms with E-state index in [-0.39, 0.29) is 5.37 Å². The quantitative estimate of drug-likeness (QED) is 0.268. The lowest BCUT2D eigenvalue weighted by molar-refractivity contribution is -0.139. The third-order valence-corrected chi connectivity index (χ3v) is 5.94. The lowest BCUT2D eigenvalue weighted by Gasteiger charge is -2.04. The minimum Gasteiger partial charge on any atom is -0.480 e. The third-order valence-electron chi connectivity index (χ3n) is 4.80. The van der Waals surface area contributed by atoms with Gasteiger partial charge in [-0.15, -0.1) is 11.8 Å². The number of aromatic nitrogens is 1. The highest BCUT2D eigenvalue weighted by Crippen LogP contribution is 2.18. The van der Waals surface area contributed by atoms with Crippen LogP contribution < -0.4 is 16.8 Å². The number of carbonyl (C=O) groups is 3. The largest absolute Gasteiger partial charge is 0.480 e. The van der Waals surface area contributed by atoms with E-state index in [9.17, 15) is 14.4 Å². The number of hydrogen-bond acceptors (Lipinski definition) is 7. The van der Waals surface area contributed by atoms with Gasteiger partial charge >= 0.3 is 17.9 Å². The van der Waals surface area contributed by atoms with E-state index in [2.05, 4.69) is 10.3 Å². The fraction of sp³-hybridized carbons (Fsp3) is 0.261. The molecule has 1 aliphatic rings. The van der Waals surface area contributed by atoms with Crippen molar-refractivity contribution < 1.29 is 29.7 Å². The summed E-state index contributed by atoms with van der Waals surface area (Å²) in [6, 6.07) is 14.7. The van der Waals surface area contributed by atoms with Gasteiger partial charge in [0, 0.05) is 35.8 Å². The number of thioether (sulfide) groups is 1. The van der Waals surface area contributed by atoms with Crippen molar-refractivity contribution in [3.8, 4) is 0 Å². The topological polar surface area (TPSA) is 192 Å². The highest BCUT2D eigenvalue weighted by molar-refractivity contribution is 8.00. The van der Waals surface area contributed by atoms with Gasteiger partial charge in [0.05, 0.1) is 0 Å². The number of benzene rings is 2. The number of carboxylic acid groups (broad SMARTS) is 3. The van der Waals surface area contributed by atoms with Gasteiger partial charge in [0.15, 0.2) is 5.37 Å². The fourth-order valence-electron chi connectivity index (χ4n) is 3.01. The van der Waals surface area contributed by atoms with Crippen LogP contribution in [-0.2, 0) is 20.8 Å². The summed E-state index contributed by atoms with van der Waals surface area (Å²) in [5.74, 6) is -1.82. The summed E-state index contributed by atoms with van der Waals surface area (Å²) >= 11 is 1.44. The molecule has 1 aromatic heterocycles. The third kappa shape index (κ3) is 8.19. The van der Waals surface area contributed by atoms with Crippen LogP contribution in [0, 0.1) is 0 Å². The molecule has 3 aromatic rings. The first-order valence-corrected chi connectivity index (χ1v) is 11.4. The summed E-state index contributed by atoms with van der Waals surface area (Å²) in [5.41, 5.74) is 13.4. The molecule has 0 spiro atoms. The molecule has 1 aliphatic heterocycles. The number of nitrogens with two attached hydrogens (primary N) is 2. The number of fused-ring (bicyclic) bond motifs is 1. The van der Waals surface area contributed by atoms with Gasteiger partial charge in [-0.3, -0.25) is 14.9 Å². The van der Waals surface area contributed by atoms with E-state index in [0.29, 0.717) is 12.0 Å². The summed E-state index contributed by atoms with van der Waals surface area (Å²) in [4.78, 5) is 34.2. The molecule has 3 atom stereocenters. The molecule has 4 rings (SSSR count). The Balaban J connectivity index is 0.000000190. The lowest BCUT2D eigenvalue weighted by Crippen LogP contribution is -2.32. The van der Waals surface area contributed by atoms with Crippen molar-refractivity contribution in [1.29, 1.82) is 0 Å². The van der Waals surface area contributed by atoms with Gasteiger partial charge in [-0.2, -0.15) is 0 Å². The lowest BCUT2D eigenvalue weighted by atomic mass is 10.1. The minimum atomic E-state index is -1.00. The molecule has 11 heteroatoms. The molecule has 2 heterocycles. The van der Waals surface area contributed by atoms with Crippen LogP contribution in [-0.4, -0.2) is 61.9 Å². The van der Waals surface area contributed by atoms with Crippen LogP contribution in [0.1, 0.15) is 17.2 Å². The Bertz CT molecular complexity index is 1090. The fourth-order valence-corrected chi connectivity index (χ4v) is 3.86. The molecule has 0 bridgehead atoms. The van der Waals surface area contributed by atoms with E-state index >= 15 is 0 Å². The standard InChI is InChI=1S/C11H12N2O2.C8H9NO2.C4H7NO2S/c12-9(11(14)15)5-7-6-13-10-4-2-1-3-8(7)10;9-7(8(10)11)6-4-2-1-3-5-6;6-4(7)3-5-1-2-8-3/h1-4,6,9,13H,5,12H2,(H,14,15);1-5,7H,9H2,(H,10,11);3,5H,1-2H2,(H,6,7)/t9-;7-;3-/m001/s1. The molecule has 1 fully saturated rings. The van der Waals surface area contributed by atoms with Crippen molar-refractivity contribution in [2.24, 2.45) is 11.5 Å². The van der Waals surface area contributed by atoms with Crippen LogP contribution in [0.25, 0.3) is 10.9 Å². The molecule has 0 amide bonds. The Kier molecular flexibility index (Phi) is 10.6. The number of para-hydroxylation sites is 1. The van der Waals surface area contributed by atoms with E-state index in [1.807, 2.05) is 36.5 Å². The number of aliphatic carboxylic acids is 3. The minimum absolute atomic E-state index is 0.347. The van der Waals surface area contributed by atoms with Gasteiger partial charge in [-0.05, 0) is 17.2 Å². The maximum absolute atomic E-state index is 10.6. The zero-order chi connectivity index (χ0) is 25.1. The van der Waals surface area contributed by atoms with Crippen LogP contribution in [0.5, 0.6) is 0 Å². The number of rotatable bonds is 6. The Morgan fingerprint density at radius 3 is 2.15 bits per heavy atom. The molecule has 0 radical (unpaired) electrons. The van der Waals surface area contributed by atoms with Crippen molar-refractivity contribution in [1.82, 2.24) is 10.3 Å². The average molecular weight is 489 g/mol. The highest BCUT2D eigenvalue weighted by Gasteiger charge is 2.21. The first-order chi connectivity index (χ1) is 16.2. The summed E-state index contributed by atoms with van der Waals surface area (Å²) in [6.07, 6.45) is 2.16. The van der Waals surface area contributed by atoms with Gasteiger partial charge in [-0.25, -0.2) is 4.79 Å². The first kappa shape index (κ1) is 26.9. The number of hydrogen-bond donors (Lipinski definition) is 7. The second kappa shape index (κ2) is 13.4.